The third kappa shape index (κ3) is 3.15. The number of carbonyl (C=O) groups excluding carboxylic acids is 1. The first kappa shape index (κ1) is 14.7. The number of nitrogens with two attached hydrogens (primary N) is 1. The minimum absolute atomic E-state index is 0.0471. The summed E-state index contributed by atoms with van der Waals surface area (Å²) in [7, 11) is 0. The highest BCUT2D eigenvalue weighted by molar-refractivity contribution is 5.88. The number of aliphatic hydroxyl groups is 1. The topological polar surface area (TPSA) is 132 Å². The number of primary amides is 1. The molecule has 2 aromatic rings. The molecule has 22 heavy (non-hydrogen) atoms. The average molecular weight is 307 g/mol. The van der Waals surface area contributed by atoms with Gasteiger partial charge in [0.15, 0.2) is 0 Å². The number of hydrogen-bond donors (Lipinski definition) is 2. The molecule has 3 rings (SSSR count). The summed E-state index contributed by atoms with van der Waals surface area (Å²) in [6.07, 6.45) is 0.151. The fraction of sp³-hybridized carbons (Fsp3) is 0.538. The second kappa shape index (κ2) is 5.85. The van der Waals surface area contributed by atoms with Crippen molar-refractivity contribution in [1.82, 2.24) is 20.2 Å². The van der Waals surface area contributed by atoms with E-state index in [4.69, 9.17) is 14.8 Å². The van der Waals surface area contributed by atoms with Gasteiger partial charge < -0.3 is 19.9 Å². The van der Waals surface area contributed by atoms with Crippen molar-refractivity contribution in [3.8, 4) is 0 Å². The van der Waals surface area contributed by atoms with Crippen LogP contribution in [0.2, 0.25) is 0 Å². The fourth-order valence-electron chi connectivity index (χ4n) is 2.65. The number of amides is 1. The lowest BCUT2D eigenvalue weighted by Gasteiger charge is -2.12. The predicted molar refractivity (Wildman–Crippen MR) is 72.5 cm³/mol. The molecule has 2 atom stereocenters. The van der Waals surface area contributed by atoms with Gasteiger partial charge in [0.25, 0.3) is 11.7 Å². The summed E-state index contributed by atoms with van der Waals surface area (Å²) in [4.78, 5) is 16.8. The maximum Gasteiger partial charge on any atom is 0.290 e. The van der Waals surface area contributed by atoms with Gasteiger partial charge >= 0.3 is 0 Å². The number of likely N-dealkylation sites (tertiary alicyclic amines) is 1. The lowest BCUT2D eigenvalue weighted by atomic mass is 10.0. The zero-order valence-corrected chi connectivity index (χ0v) is 12.1. The van der Waals surface area contributed by atoms with Gasteiger partial charge in [-0.05, 0) is 6.92 Å². The summed E-state index contributed by atoms with van der Waals surface area (Å²) >= 11 is 0. The largest absolute Gasteiger partial charge is 0.391 e. The third-order valence-corrected chi connectivity index (χ3v) is 3.67. The Bertz CT molecular complexity index is 667. The van der Waals surface area contributed by atoms with Gasteiger partial charge in [0.05, 0.1) is 18.3 Å². The number of aryl methyl sites for hydroxylation is 1. The van der Waals surface area contributed by atoms with Crippen LogP contribution < -0.4 is 5.73 Å². The van der Waals surface area contributed by atoms with Crippen LogP contribution in [0.4, 0.5) is 0 Å². The van der Waals surface area contributed by atoms with Crippen LogP contribution in [0.3, 0.4) is 0 Å². The Labute approximate surface area is 126 Å². The van der Waals surface area contributed by atoms with Gasteiger partial charge in [0.2, 0.25) is 5.89 Å². The highest BCUT2D eigenvalue weighted by atomic mass is 16.5. The first-order chi connectivity index (χ1) is 10.5. The second-order valence-electron chi connectivity index (χ2n) is 5.54. The smallest absolute Gasteiger partial charge is 0.290 e. The highest BCUT2D eigenvalue weighted by Gasteiger charge is 2.33. The van der Waals surface area contributed by atoms with E-state index in [-0.39, 0.29) is 11.7 Å². The maximum atomic E-state index is 10.9. The summed E-state index contributed by atoms with van der Waals surface area (Å²) < 4.78 is 10.2. The molecule has 3 N–H and O–H groups in total. The van der Waals surface area contributed by atoms with E-state index in [1.165, 1.54) is 0 Å². The van der Waals surface area contributed by atoms with Crippen LogP contribution in [0, 0.1) is 12.8 Å². The second-order valence-corrected chi connectivity index (χ2v) is 5.54. The van der Waals surface area contributed by atoms with Gasteiger partial charge in [0, 0.05) is 31.5 Å². The number of aliphatic hydroxyl groups excluding tert-OH is 1. The minimum Gasteiger partial charge on any atom is -0.391 e. The first-order valence-corrected chi connectivity index (χ1v) is 6.96. The quantitative estimate of drug-likeness (QED) is 0.755. The molecular weight excluding hydrogens is 290 g/mol. The molecule has 0 aromatic carbocycles. The van der Waals surface area contributed by atoms with Crippen molar-refractivity contribution >= 4 is 5.91 Å². The molecule has 0 radical (unpaired) electrons. The number of aromatic nitrogens is 3. The van der Waals surface area contributed by atoms with Crippen LogP contribution in [0.15, 0.2) is 15.1 Å². The summed E-state index contributed by atoms with van der Waals surface area (Å²) in [5.74, 6) is 0.249. The van der Waals surface area contributed by atoms with E-state index in [2.05, 4.69) is 15.3 Å². The van der Waals surface area contributed by atoms with Crippen LogP contribution in [0.25, 0.3) is 0 Å². The molecular formula is C13H17N5O4. The standard InChI is InChI=1S/C13H17N5O4/c1-7-2-9(21-16-7)3-8-4-18(5-10(8)19)6-11-15-13(12(14)20)17-22-11/h2,8,10,19H,3-6H2,1H3,(H2,14,20)/t8-,10-/m1/s1. The molecule has 9 nitrogen and oxygen atoms in total. The predicted octanol–water partition coefficient (Wildman–Crippen LogP) is -0.500. The molecule has 1 saturated heterocycles. The van der Waals surface area contributed by atoms with Crippen molar-refractivity contribution in [1.29, 1.82) is 0 Å². The van der Waals surface area contributed by atoms with Crippen molar-refractivity contribution in [3.05, 3.63) is 29.2 Å². The lowest BCUT2D eigenvalue weighted by molar-refractivity contribution is 0.0987. The van der Waals surface area contributed by atoms with Crippen molar-refractivity contribution < 1.29 is 18.9 Å². The Morgan fingerprint density at radius 3 is 2.91 bits per heavy atom. The molecule has 0 spiro atoms. The molecule has 3 heterocycles. The van der Waals surface area contributed by atoms with Crippen LogP contribution in [0.5, 0.6) is 0 Å². The number of hydrogen-bond acceptors (Lipinski definition) is 8. The van der Waals surface area contributed by atoms with Crippen molar-refractivity contribution in [2.45, 2.75) is 26.0 Å². The van der Waals surface area contributed by atoms with Crippen molar-refractivity contribution in [2.24, 2.45) is 11.7 Å². The maximum absolute atomic E-state index is 10.9. The molecule has 1 aliphatic rings. The molecule has 1 amide bonds. The summed E-state index contributed by atoms with van der Waals surface area (Å²) in [6.45, 7) is 3.38. The lowest BCUT2D eigenvalue weighted by Crippen LogP contribution is -2.21. The Morgan fingerprint density at radius 1 is 1.45 bits per heavy atom. The van der Waals surface area contributed by atoms with Crippen LogP contribution >= 0.6 is 0 Å². The van der Waals surface area contributed by atoms with E-state index in [0.29, 0.717) is 31.9 Å². The SMILES string of the molecule is Cc1cc(C[C@@H]2CN(Cc3nc(C(N)=O)no3)C[C@H]2O)on1. The van der Waals surface area contributed by atoms with E-state index in [9.17, 15) is 9.90 Å². The van der Waals surface area contributed by atoms with Gasteiger partial charge in [-0.2, -0.15) is 4.98 Å². The minimum atomic E-state index is -0.727. The van der Waals surface area contributed by atoms with Crippen molar-refractivity contribution in [2.75, 3.05) is 13.1 Å². The number of rotatable bonds is 5. The molecule has 2 aromatic heterocycles. The average Bonchev–Trinajstić information content (AvgIpc) is 3.14. The molecule has 1 aliphatic heterocycles. The first-order valence-electron chi connectivity index (χ1n) is 6.96. The third-order valence-electron chi connectivity index (χ3n) is 3.67. The molecule has 9 heteroatoms. The Kier molecular flexibility index (Phi) is 3.90. The summed E-state index contributed by atoms with van der Waals surface area (Å²) in [5.41, 5.74) is 5.90. The van der Waals surface area contributed by atoms with E-state index < -0.39 is 12.0 Å². The molecule has 0 saturated carbocycles. The van der Waals surface area contributed by atoms with E-state index in [0.717, 1.165) is 11.5 Å². The van der Waals surface area contributed by atoms with Crippen LogP contribution in [-0.2, 0) is 13.0 Å². The van der Waals surface area contributed by atoms with Crippen molar-refractivity contribution in [3.63, 3.8) is 0 Å². The molecule has 1 fully saturated rings. The number of nitrogens with zero attached hydrogens (tertiary/aromatic N) is 4. The van der Waals surface area contributed by atoms with E-state index in [1.54, 1.807) is 0 Å². The van der Waals surface area contributed by atoms with Gasteiger partial charge in [-0.15, -0.1) is 0 Å². The van der Waals surface area contributed by atoms with Gasteiger partial charge in [-0.25, -0.2) is 0 Å². The Hall–Kier alpha value is -2.26. The summed E-state index contributed by atoms with van der Waals surface area (Å²) in [5, 5.41) is 17.5. The molecule has 0 aliphatic carbocycles. The van der Waals surface area contributed by atoms with Crippen LogP contribution in [-0.4, -0.2) is 50.4 Å². The normalized spacial score (nSPS) is 22.3. The molecule has 118 valence electrons. The van der Waals surface area contributed by atoms with Gasteiger partial charge in [0.1, 0.15) is 5.76 Å². The molecule has 0 unspecified atom stereocenters. The molecule has 0 bridgehead atoms. The van der Waals surface area contributed by atoms with Gasteiger partial charge in [-0.1, -0.05) is 10.3 Å². The Morgan fingerprint density at radius 2 is 2.27 bits per heavy atom. The van der Waals surface area contributed by atoms with Crippen LogP contribution in [0.1, 0.15) is 28.0 Å². The zero-order valence-electron chi connectivity index (χ0n) is 12.1. The monoisotopic (exact) mass is 307 g/mol. The Balaban J connectivity index is 1.59. The zero-order chi connectivity index (χ0) is 15.7. The number of carbonyl (C=O) groups is 1. The van der Waals surface area contributed by atoms with Gasteiger partial charge in [-0.3, -0.25) is 9.69 Å². The summed E-state index contributed by atoms with van der Waals surface area (Å²) in [6, 6.07) is 1.87. The fourth-order valence-corrected chi connectivity index (χ4v) is 2.65. The number of β-amino-alcohol motifs (C(OH)–C–C–N with tert-alkyl or cyclic N) is 1. The van der Waals surface area contributed by atoms with E-state index >= 15 is 0 Å². The highest BCUT2D eigenvalue weighted by Crippen LogP contribution is 2.23. The van der Waals surface area contributed by atoms with E-state index in [1.807, 2.05) is 17.9 Å².